The largest absolute Gasteiger partial charge is 0.387 e. The van der Waals surface area contributed by atoms with Gasteiger partial charge < -0.3 is 35.9 Å². The van der Waals surface area contributed by atoms with Gasteiger partial charge in [0.1, 0.15) is 30.2 Å². The van der Waals surface area contributed by atoms with Gasteiger partial charge in [0.25, 0.3) is 0 Å². The first-order chi connectivity index (χ1) is 17.6. The zero-order valence-electron chi connectivity index (χ0n) is 21.6. The number of nitrogens with zero attached hydrogens (tertiary/aromatic N) is 6. The number of aliphatic hydroxyl groups excluding tert-OH is 2. The van der Waals surface area contributed by atoms with Gasteiger partial charge in [-0.15, -0.1) is 0 Å². The third-order valence-corrected chi connectivity index (χ3v) is 6.85. The molecule has 12 nitrogen and oxygen atoms in total. The van der Waals surface area contributed by atoms with E-state index in [0.29, 0.717) is 17.7 Å². The van der Waals surface area contributed by atoms with Crippen molar-refractivity contribution in [1.29, 1.82) is 0 Å². The molecule has 0 aliphatic carbocycles. The fourth-order valence-corrected chi connectivity index (χ4v) is 4.68. The van der Waals surface area contributed by atoms with Crippen LogP contribution in [-0.2, 0) is 10.2 Å². The highest BCUT2D eigenvalue weighted by atomic mass is 16.6. The predicted octanol–water partition coefficient (Wildman–Crippen LogP) is 1.64. The van der Waals surface area contributed by atoms with Gasteiger partial charge in [0.2, 0.25) is 5.95 Å². The minimum atomic E-state index is -1.12. The van der Waals surface area contributed by atoms with Gasteiger partial charge in [0.15, 0.2) is 17.7 Å². The Hall–Kier alpha value is -3.32. The van der Waals surface area contributed by atoms with Crippen molar-refractivity contribution in [2.45, 2.75) is 57.1 Å². The van der Waals surface area contributed by atoms with E-state index >= 15 is 0 Å². The monoisotopic (exact) mass is 509 g/mol. The summed E-state index contributed by atoms with van der Waals surface area (Å²) in [6.07, 6.45) is 0.134. The minimum Gasteiger partial charge on any atom is -0.387 e. The first kappa shape index (κ1) is 25.3. The van der Waals surface area contributed by atoms with Crippen LogP contribution in [0.1, 0.15) is 39.0 Å². The van der Waals surface area contributed by atoms with E-state index in [-0.39, 0.29) is 11.2 Å². The molecule has 4 atom stereocenters. The molecule has 12 heteroatoms. The van der Waals surface area contributed by atoms with Crippen LogP contribution in [0.25, 0.3) is 22.2 Å². The molecule has 0 radical (unpaired) electrons. The number of aromatic nitrogens is 6. The molecule has 0 spiro atoms. The van der Waals surface area contributed by atoms with E-state index in [0.717, 1.165) is 36.5 Å². The third-order valence-electron chi connectivity index (χ3n) is 6.85. The summed E-state index contributed by atoms with van der Waals surface area (Å²) >= 11 is 0. The molecule has 6 N–H and O–H groups in total. The first-order valence-electron chi connectivity index (χ1n) is 12.5. The molecule has 0 bridgehead atoms. The summed E-state index contributed by atoms with van der Waals surface area (Å²) in [5.74, 6) is 1.00. The molecule has 4 aromatic rings. The molecule has 1 aliphatic heterocycles. The first-order valence-corrected chi connectivity index (χ1v) is 12.5. The number of rotatable bonds is 8. The highest BCUT2D eigenvalue weighted by Crippen LogP contribution is 2.32. The van der Waals surface area contributed by atoms with Gasteiger partial charge >= 0.3 is 0 Å². The number of anilines is 2. The van der Waals surface area contributed by atoms with Gasteiger partial charge in [-0.1, -0.05) is 26.8 Å². The van der Waals surface area contributed by atoms with E-state index in [9.17, 15) is 10.2 Å². The van der Waals surface area contributed by atoms with Crippen molar-refractivity contribution in [1.82, 2.24) is 34.4 Å². The minimum absolute atomic E-state index is 0.0824. The number of benzene rings is 1. The van der Waals surface area contributed by atoms with E-state index in [4.69, 9.17) is 10.5 Å². The Morgan fingerprint density at radius 2 is 2.00 bits per heavy atom. The fourth-order valence-electron chi connectivity index (χ4n) is 4.68. The van der Waals surface area contributed by atoms with Crippen LogP contribution in [0, 0.1) is 0 Å². The molecule has 198 valence electrons. The molecule has 1 aromatic carbocycles. The lowest BCUT2D eigenvalue weighted by Gasteiger charge is -2.22. The number of fused-ring (bicyclic) bond motifs is 2. The number of nitrogens with one attached hydrogen (secondary N) is 2. The van der Waals surface area contributed by atoms with Crippen LogP contribution in [0.4, 0.5) is 11.8 Å². The van der Waals surface area contributed by atoms with Crippen LogP contribution in [0.15, 0.2) is 30.9 Å². The van der Waals surface area contributed by atoms with Crippen LogP contribution >= 0.6 is 0 Å². The van der Waals surface area contributed by atoms with Gasteiger partial charge in [-0.3, -0.25) is 4.57 Å². The number of aromatic amines is 1. The maximum Gasteiger partial charge on any atom is 0.201 e. The maximum atomic E-state index is 10.7. The Balaban J connectivity index is 1.13. The number of nitrogen functional groups attached to an aromatic ring is 1. The number of hydrogen-bond acceptors (Lipinski definition) is 10. The lowest BCUT2D eigenvalue weighted by atomic mass is 9.87. The van der Waals surface area contributed by atoms with Crippen molar-refractivity contribution in [3.8, 4) is 0 Å². The summed E-state index contributed by atoms with van der Waals surface area (Å²) in [7, 11) is 1.96. The topological polar surface area (TPSA) is 163 Å². The summed E-state index contributed by atoms with van der Waals surface area (Å²) in [6.45, 7) is 8.55. The second-order valence-corrected chi connectivity index (χ2v) is 10.7. The standard InChI is InChI=1S/C25H35N9O3/c1-25(2,3)14-6-7-15-16(10-14)32-24(31-15)27-8-5-9-33(4)11-17-19(35)20(36)23(37-17)34-13-30-18-21(26)28-12-29-22(18)34/h6-7,10,12-13,17,19-20,23,35-36H,5,8-9,11H2,1-4H3,(H2,26,28,29)(H2,27,31,32). The van der Waals surface area contributed by atoms with E-state index in [1.54, 1.807) is 4.57 Å². The smallest absolute Gasteiger partial charge is 0.201 e. The van der Waals surface area contributed by atoms with Crippen molar-refractivity contribution < 1.29 is 14.9 Å². The molecular formula is C25H35N9O3. The number of aliphatic hydroxyl groups is 2. The average Bonchev–Trinajstić information content (AvgIpc) is 3.53. The molecule has 5 rings (SSSR count). The second-order valence-electron chi connectivity index (χ2n) is 10.7. The molecule has 3 aromatic heterocycles. The summed E-state index contributed by atoms with van der Waals surface area (Å²) in [4.78, 5) is 22.4. The second kappa shape index (κ2) is 9.86. The number of hydrogen-bond donors (Lipinski definition) is 5. The molecule has 37 heavy (non-hydrogen) atoms. The highest BCUT2D eigenvalue weighted by Gasteiger charge is 2.44. The normalized spacial score (nSPS) is 22.5. The number of H-pyrrole nitrogens is 1. The quantitative estimate of drug-likeness (QED) is 0.221. The molecule has 1 saturated heterocycles. The molecule has 4 heterocycles. The Bertz CT molecular complexity index is 1380. The maximum absolute atomic E-state index is 10.7. The summed E-state index contributed by atoms with van der Waals surface area (Å²) in [6, 6.07) is 6.33. The number of imidazole rings is 2. The summed E-state index contributed by atoms with van der Waals surface area (Å²) in [5, 5.41) is 24.7. The molecule has 1 aliphatic rings. The zero-order valence-corrected chi connectivity index (χ0v) is 21.6. The Morgan fingerprint density at radius 3 is 2.78 bits per heavy atom. The zero-order chi connectivity index (χ0) is 26.3. The van der Waals surface area contributed by atoms with Gasteiger partial charge in [0, 0.05) is 13.1 Å². The van der Waals surface area contributed by atoms with Gasteiger partial charge in [0.05, 0.1) is 17.4 Å². The van der Waals surface area contributed by atoms with E-state index < -0.39 is 24.5 Å². The average molecular weight is 510 g/mol. The number of likely N-dealkylation sites (N-methyl/N-ethyl adjacent to an activating group) is 1. The van der Waals surface area contributed by atoms with Gasteiger partial charge in [-0.25, -0.2) is 19.9 Å². The molecular weight excluding hydrogens is 474 g/mol. The van der Waals surface area contributed by atoms with Crippen molar-refractivity contribution in [3.63, 3.8) is 0 Å². The van der Waals surface area contributed by atoms with Crippen LogP contribution in [0.3, 0.4) is 0 Å². The van der Waals surface area contributed by atoms with Crippen LogP contribution < -0.4 is 11.1 Å². The van der Waals surface area contributed by atoms with Crippen molar-refractivity contribution in [2.24, 2.45) is 0 Å². The van der Waals surface area contributed by atoms with E-state index in [1.807, 2.05) is 7.05 Å². The van der Waals surface area contributed by atoms with Crippen LogP contribution in [-0.4, -0.2) is 89.6 Å². The number of ether oxygens (including phenoxy) is 1. The third kappa shape index (κ3) is 5.10. The van der Waals surface area contributed by atoms with Crippen LogP contribution in [0.5, 0.6) is 0 Å². The highest BCUT2D eigenvalue weighted by molar-refractivity contribution is 5.81. The molecule has 0 amide bonds. The van der Waals surface area contributed by atoms with Crippen molar-refractivity contribution in [2.75, 3.05) is 37.7 Å². The molecule has 4 unspecified atom stereocenters. The van der Waals surface area contributed by atoms with Gasteiger partial charge in [-0.2, -0.15) is 0 Å². The van der Waals surface area contributed by atoms with Gasteiger partial charge in [-0.05, 0) is 43.1 Å². The molecule has 1 fully saturated rings. The Kier molecular flexibility index (Phi) is 6.75. The number of nitrogens with two attached hydrogens (primary N) is 1. The van der Waals surface area contributed by atoms with E-state index in [2.05, 4.69) is 74.1 Å². The van der Waals surface area contributed by atoms with Crippen molar-refractivity contribution in [3.05, 3.63) is 36.4 Å². The van der Waals surface area contributed by atoms with Crippen molar-refractivity contribution >= 4 is 34.0 Å². The Labute approximate surface area is 214 Å². The Morgan fingerprint density at radius 1 is 1.19 bits per heavy atom. The SMILES string of the molecule is CN(CCCNc1nc2ccc(C(C)(C)C)cc2[nH]1)CC1OC(n2cnc3c(N)ncnc32)C(O)C1O. The van der Waals surface area contributed by atoms with Crippen LogP contribution in [0.2, 0.25) is 0 Å². The summed E-state index contributed by atoms with van der Waals surface area (Å²) in [5.41, 5.74) is 10.0. The lowest BCUT2D eigenvalue weighted by Crippen LogP contribution is -2.39. The van der Waals surface area contributed by atoms with E-state index in [1.165, 1.54) is 18.2 Å². The fraction of sp³-hybridized carbons (Fsp3) is 0.520. The summed E-state index contributed by atoms with van der Waals surface area (Å²) < 4.78 is 7.63. The lowest BCUT2D eigenvalue weighted by molar-refractivity contribution is -0.0421. The molecule has 0 saturated carbocycles. The predicted molar refractivity (Wildman–Crippen MR) is 141 cm³/mol.